The second kappa shape index (κ2) is 7.78. The van der Waals surface area contributed by atoms with Crippen LogP contribution in [0, 0.1) is 49.7 Å². The van der Waals surface area contributed by atoms with Gasteiger partial charge in [-0.25, -0.2) is 0 Å². The van der Waals surface area contributed by atoms with Gasteiger partial charge in [0.15, 0.2) is 17.2 Å². The standard InChI is InChI=1S/C33H42N2O6/c1-19(36)41-35-32-14-10-28(6)21(29(32,7)16-20(18-34)24(38)27(32,4)5)15-23(37)33-22-17-26(2,3)9-12-31(22,25(39)40-33)13-11-30(28,33)8/h15-16,22,35H,9-14,17H2,1-8H3/t22?,28-,29-,30+,31+,32-,33-/m1/s1. The van der Waals surface area contributed by atoms with Gasteiger partial charge in [-0.2, -0.15) is 5.26 Å². The second-order valence-corrected chi connectivity index (χ2v) is 15.7. The Labute approximate surface area is 242 Å². The van der Waals surface area contributed by atoms with Crippen LogP contribution in [0.5, 0.6) is 0 Å². The number of ether oxygens (including phenoxy) is 1. The fraction of sp³-hybridized carbons (Fsp3) is 0.727. The summed E-state index contributed by atoms with van der Waals surface area (Å²) in [6.45, 7) is 15.5. The van der Waals surface area contributed by atoms with E-state index in [-0.39, 0.29) is 34.4 Å². The first-order valence-electron chi connectivity index (χ1n) is 15.0. The molecule has 2 bridgehead atoms. The van der Waals surface area contributed by atoms with Crippen molar-refractivity contribution in [1.82, 2.24) is 5.48 Å². The van der Waals surface area contributed by atoms with Crippen molar-refractivity contribution in [3.63, 3.8) is 0 Å². The lowest BCUT2D eigenvalue weighted by Gasteiger charge is -2.71. The van der Waals surface area contributed by atoms with Gasteiger partial charge < -0.3 is 9.57 Å². The Bertz CT molecular complexity index is 1430. The summed E-state index contributed by atoms with van der Waals surface area (Å²) in [5.41, 5.74) is -2.67. The zero-order chi connectivity index (χ0) is 30.2. The predicted molar refractivity (Wildman–Crippen MR) is 148 cm³/mol. The van der Waals surface area contributed by atoms with Gasteiger partial charge in [-0.15, -0.1) is 5.48 Å². The van der Waals surface area contributed by atoms with Gasteiger partial charge in [0.1, 0.15) is 6.07 Å². The van der Waals surface area contributed by atoms with Crippen LogP contribution in [0.1, 0.15) is 100 Å². The normalized spacial score (nSPS) is 46.9. The summed E-state index contributed by atoms with van der Waals surface area (Å²) >= 11 is 0. The van der Waals surface area contributed by atoms with Crippen molar-refractivity contribution in [1.29, 1.82) is 5.26 Å². The molecule has 3 saturated carbocycles. The molecule has 0 aromatic rings. The first-order valence-corrected chi connectivity index (χ1v) is 15.0. The number of rotatable bonds is 2. The topological polar surface area (TPSA) is 123 Å². The molecule has 8 nitrogen and oxygen atoms in total. The van der Waals surface area contributed by atoms with E-state index < -0.39 is 44.2 Å². The number of allylic oxidation sites excluding steroid dienone is 1. The van der Waals surface area contributed by atoms with E-state index in [0.717, 1.165) is 24.8 Å². The molecule has 1 aliphatic heterocycles. The summed E-state index contributed by atoms with van der Waals surface area (Å²) in [5.74, 6) is -1.51. The first-order chi connectivity index (χ1) is 18.8. The zero-order valence-corrected chi connectivity index (χ0v) is 25.6. The number of carbonyl (C=O) groups excluding carboxylic acids is 4. The smallest absolute Gasteiger partial charge is 0.321 e. The molecule has 0 aromatic heterocycles. The highest BCUT2D eigenvalue weighted by Crippen LogP contribution is 2.79. The molecule has 0 amide bonds. The summed E-state index contributed by atoms with van der Waals surface area (Å²) in [7, 11) is 0. The molecule has 1 saturated heterocycles. The molecule has 220 valence electrons. The largest absolute Gasteiger partial charge is 0.449 e. The van der Waals surface area contributed by atoms with Crippen molar-refractivity contribution < 1.29 is 28.8 Å². The Morgan fingerprint density at radius 1 is 1.00 bits per heavy atom. The second-order valence-electron chi connectivity index (χ2n) is 15.7. The fourth-order valence-electron chi connectivity index (χ4n) is 10.7. The molecule has 0 radical (unpaired) electrons. The number of hydroxylamine groups is 1. The van der Waals surface area contributed by atoms with Gasteiger partial charge in [-0.05, 0) is 67.4 Å². The Morgan fingerprint density at radius 3 is 2.29 bits per heavy atom. The minimum atomic E-state index is -1.26. The van der Waals surface area contributed by atoms with Gasteiger partial charge in [0, 0.05) is 23.7 Å². The lowest BCUT2D eigenvalue weighted by Crippen LogP contribution is -2.77. The number of nitrogens with one attached hydrogen (secondary N) is 1. The highest BCUT2D eigenvalue weighted by molar-refractivity contribution is 6.07. The molecule has 5 aliphatic carbocycles. The molecule has 6 aliphatic rings. The van der Waals surface area contributed by atoms with Crippen LogP contribution < -0.4 is 5.48 Å². The maximum Gasteiger partial charge on any atom is 0.321 e. The summed E-state index contributed by atoms with van der Waals surface area (Å²) in [6, 6.07) is 2.11. The van der Waals surface area contributed by atoms with Crippen LogP contribution in [0.4, 0.5) is 0 Å². The van der Waals surface area contributed by atoms with E-state index in [4.69, 9.17) is 9.57 Å². The average molecular weight is 563 g/mol. The lowest BCUT2D eigenvalue weighted by atomic mass is 9.32. The monoisotopic (exact) mass is 562 g/mol. The van der Waals surface area contributed by atoms with Gasteiger partial charge in [0.25, 0.3) is 0 Å². The Balaban J connectivity index is 1.62. The summed E-state index contributed by atoms with van der Waals surface area (Å²) < 4.78 is 6.47. The molecular formula is C33H42N2O6. The Hall–Kier alpha value is -2.79. The Kier molecular flexibility index (Phi) is 5.37. The van der Waals surface area contributed by atoms with Gasteiger partial charge in [-0.3, -0.25) is 19.2 Å². The zero-order valence-electron chi connectivity index (χ0n) is 25.6. The van der Waals surface area contributed by atoms with Gasteiger partial charge in [0.05, 0.1) is 21.9 Å². The van der Waals surface area contributed by atoms with Crippen LogP contribution in [0.15, 0.2) is 23.3 Å². The molecule has 8 heteroatoms. The molecule has 1 heterocycles. The first kappa shape index (κ1) is 28.3. The number of carbonyl (C=O) groups is 4. The van der Waals surface area contributed by atoms with Crippen molar-refractivity contribution >= 4 is 23.5 Å². The van der Waals surface area contributed by atoms with E-state index in [0.29, 0.717) is 25.7 Å². The van der Waals surface area contributed by atoms with Crippen molar-refractivity contribution in [2.75, 3.05) is 0 Å². The van der Waals surface area contributed by atoms with Crippen LogP contribution in [0.2, 0.25) is 0 Å². The van der Waals surface area contributed by atoms with E-state index in [2.05, 4.69) is 39.2 Å². The van der Waals surface area contributed by atoms with Crippen LogP contribution in [-0.4, -0.2) is 34.6 Å². The van der Waals surface area contributed by atoms with Gasteiger partial charge in [0.2, 0.25) is 0 Å². The van der Waals surface area contributed by atoms with Gasteiger partial charge >= 0.3 is 11.9 Å². The van der Waals surface area contributed by atoms with Crippen LogP contribution in [0.3, 0.4) is 0 Å². The van der Waals surface area contributed by atoms with Crippen molar-refractivity contribution in [2.24, 2.45) is 38.4 Å². The van der Waals surface area contributed by atoms with E-state index in [1.54, 1.807) is 26.0 Å². The fourth-order valence-corrected chi connectivity index (χ4v) is 10.7. The van der Waals surface area contributed by atoms with E-state index in [9.17, 15) is 24.4 Å². The summed E-state index contributed by atoms with van der Waals surface area (Å²) in [5, 5.41) is 10.1. The number of ketones is 2. The molecular weight excluding hydrogens is 520 g/mol. The summed E-state index contributed by atoms with van der Waals surface area (Å²) in [6.07, 6.45) is 8.12. The van der Waals surface area contributed by atoms with Crippen LogP contribution >= 0.6 is 0 Å². The molecule has 1 N–H and O–H groups in total. The van der Waals surface area contributed by atoms with E-state index >= 15 is 0 Å². The molecule has 7 atom stereocenters. The third kappa shape index (κ3) is 2.85. The minimum absolute atomic E-state index is 0.0155. The van der Waals surface area contributed by atoms with Crippen molar-refractivity contribution in [3.8, 4) is 6.07 Å². The summed E-state index contributed by atoms with van der Waals surface area (Å²) in [4.78, 5) is 59.7. The number of fused-ring (bicyclic) bond motifs is 4. The maximum absolute atomic E-state index is 14.8. The van der Waals surface area contributed by atoms with E-state index in [1.165, 1.54) is 6.92 Å². The van der Waals surface area contributed by atoms with Crippen LogP contribution in [-0.2, 0) is 28.8 Å². The molecule has 1 spiro atoms. The number of Topliss-reactive ketones (excluding diaryl/α,β-unsaturated/α-hetero) is 1. The number of hydrogen-bond donors (Lipinski definition) is 1. The van der Waals surface area contributed by atoms with E-state index in [1.807, 2.05) is 6.92 Å². The Morgan fingerprint density at radius 2 is 1.66 bits per heavy atom. The SMILES string of the molecule is CC(=O)ON[C@@]12CC[C@]3(C)C(=CC(=O)[C@]45OC(=O)[C@@]6(CCC(C)(C)CC64)CC[C@@]35C)[C@@]1(C)C=C(C#N)C(=O)C2(C)C. The minimum Gasteiger partial charge on any atom is -0.449 e. The molecule has 6 rings (SSSR count). The maximum atomic E-state index is 14.8. The number of nitrogens with zero attached hydrogens (tertiary/aromatic N) is 1. The lowest BCUT2D eigenvalue weighted by molar-refractivity contribution is -0.214. The quantitative estimate of drug-likeness (QED) is 0.365. The predicted octanol–water partition coefficient (Wildman–Crippen LogP) is 5.08. The molecule has 4 fully saturated rings. The number of hydrogen-bond acceptors (Lipinski definition) is 8. The van der Waals surface area contributed by atoms with Crippen molar-refractivity contribution in [3.05, 3.63) is 23.3 Å². The highest BCUT2D eigenvalue weighted by Gasteiger charge is 2.83. The third-order valence-corrected chi connectivity index (χ3v) is 13.4. The average Bonchev–Trinajstić information content (AvgIpc) is 3.07. The van der Waals surface area contributed by atoms with Crippen molar-refractivity contribution in [2.45, 2.75) is 111 Å². The van der Waals surface area contributed by atoms with Crippen LogP contribution in [0.25, 0.3) is 0 Å². The molecule has 1 unspecified atom stereocenters. The van der Waals surface area contributed by atoms with Gasteiger partial charge in [-0.1, -0.05) is 54.5 Å². The molecule has 41 heavy (non-hydrogen) atoms. The highest BCUT2D eigenvalue weighted by atomic mass is 16.7. The third-order valence-electron chi connectivity index (χ3n) is 13.4. The molecule has 0 aromatic carbocycles. The number of nitriles is 1. The number of esters is 1.